The molecule has 2 bridgehead atoms. The number of piperidine rings is 1. The van der Waals surface area contributed by atoms with E-state index in [9.17, 15) is 9.90 Å². The van der Waals surface area contributed by atoms with E-state index in [4.69, 9.17) is 32.0 Å². The molecule has 3 fully saturated rings. The van der Waals surface area contributed by atoms with Gasteiger partial charge in [-0.25, -0.2) is 9.97 Å². The van der Waals surface area contributed by atoms with Crippen LogP contribution in [0.25, 0.3) is 44.8 Å². The van der Waals surface area contributed by atoms with Crippen molar-refractivity contribution in [1.29, 1.82) is 0 Å². The van der Waals surface area contributed by atoms with E-state index in [-0.39, 0.29) is 23.7 Å². The number of phenolic OH excluding ortho intramolecular Hbond substituents is 1. The van der Waals surface area contributed by atoms with Crippen molar-refractivity contribution in [2.24, 2.45) is 24.6 Å². The van der Waals surface area contributed by atoms with Crippen LogP contribution in [-0.4, -0.2) is 60.8 Å². The van der Waals surface area contributed by atoms with Gasteiger partial charge in [0.25, 0.3) is 5.91 Å². The Balaban J connectivity index is 1.25. The maximum absolute atomic E-state index is 13.7. The third-order valence-corrected chi connectivity index (χ3v) is 10.3. The van der Waals surface area contributed by atoms with Crippen molar-refractivity contribution in [3.05, 3.63) is 58.6 Å². The molecule has 3 aliphatic rings. The molecule has 1 aliphatic heterocycles. The summed E-state index contributed by atoms with van der Waals surface area (Å²) in [4.78, 5) is 25.9. The van der Waals surface area contributed by atoms with Gasteiger partial charge in [0.05, 0.1) is 29.0 Å². The van der Waals surface area contributed by atoms with E-state index in [1.54, 1.807) is 19.2 Å². The molecule has 0 spiro atoms. The van der Waals surface area contributed by atoms with Crippen LogP contribution in [-0.2, 0) is 13.6 Å². The van der Waals surface area contributed by atoms with E-state index < -0.39 is 0 Å². The summed E-state index contributed by atoms with van der Waals surface area (Å²) in [5.41, 5.74) is 13.0. The summed E-state index contributed by atoms with van der Waals surface area (Å²) in [6.45, 7) is 3.50. The van der Waals surface area contributed by atoms with E-state index >= 15 is 0 Å². The summed E-state index contributed by atoms with van der Waals surface area (Å²) in [5, 5.41) is 11.4. The number of fused-ring (bicyclic) bond motifs is 4. The lowest BCUT2D eigenvalue weighted by Gasteiger charge is -2.27. The lowest BCUT2D eigenvalue weighted by Crippen LogP contribution is -2.41. The first-order chi connectivity index (χ1) is 21.2. The van der Waals surface area contributed by atoms with Gasteiger partial charge in [-0.3, -0.25) is 4.79 Å². The summed E-state index contributed by atoms with van der Waals surface area (Å²) in [7, 11) is 3.63. The van der Waals surface area contributed by atoms with Gasteiger partial charge in [0.15, 0.2) is 5.82 Å². The standard InChI is InChI=1S/C34H35ClN6O3/c1-17-10-28(42)23(35)14-22(17)24-8-6-19-12-27(40(32(19)37-24)15-18-4-5-18)33-38-25-11-21(13-29(44-3)31(25)39(33)2)34(43)41-16-20-7-9-26(41)30(20)36/h6,8,10-14,18,20,26,30,42H,4-5,7,9,15-16,36H2,1-3H3/t20?,26?,30-/m1/s1. The van der Waals surface area contributed by atoms with Gasteiger partial charge in [0.2, 0.25) is 0 Å². The van der Waals surface area contributed by atoms with Crippen LogP contribution in [0.4, 0.5) is 0 Å². The smallest absolute Gasteiger partial charge is 0.254 e. The maximum Gasteiger partial charge on any atom is 0.254 e. The topological polar surface area (TPSA) is 111 Å². The molecule has 2 aromatic carbocycles. The Morgan fingerprint density at radius 3 is 2.64 bits per heavy atom. The molecule has 9 nitrogen and oxygen atoms in total. The molecule has 4 heterocycles. The molecule has 1 amide bonds. The molecular formula is C34H35ClN6O3. The number of nitrogens with two attached hydrogens (primary N) is 1. The number of carbonyl (C=O) groups is 1. The summed E-state index contributed by atoms with van der Waals surface area (Å²) in [5.74, 6) is 2.43. The molecule has 3 aromatic heterocycles. The number of aromatic nitrogens is 4. The number of nitrogens with zero attached hydrogens (tertiary/aromatic N) is 5. The molecule has 3 N–H and O–H groups in total. The molecule has 2 saturated carbocycles. The third-order valence-electron chi connectivity index (χ3n) is 10.00. The van der Waals surface area contributed by atoms with Crippen LogP contribution in [0, 0.1) is 18.8 Å². The average Bonchev–Trinajstić information content (AvgIpc) is 3.42. The van der Waals surface area contributed by atoms with Gasteiger partial charge in [-0.2, -0.15) is 0 Å². The van der Waals surface area contributed by atoms with Gasteiger partial charge in [-0.15, -0.1) is 0 Å². The monoisotopic (exact) mass is 610 g/mol. The van der Waals surface area contributed by atoms with Crippen molar-refractivity contribution >= 4 is 39.6 Å². The summed E-state index contributed by atoms with van der Waals surface area (Å²) in [6.07, 6.45) is 4.44. The number of ether oxygens (including phenoxy) is 1. The number of hydrogen-bond donors (Lipinski definition) is 2. The minimum Gasteiger partial charge on any atom is -0.506 e. The van der Waals surface area contributed by atoms with E-state index in [0.717, 1.165) is 64.3 Å². The van der Waals surface area contributed by atoms with Crippen LogP contribution in [0.15, 0.2) is 42.5 Å². The third kappa shape index (κ3) is 4.20. The van der Waals surface area contributed by atoms with Gasteiger partial charge >= 0.3 is 0 Å². The van der Waals surface area contributed by atoms with Crippen molar-refractivity contribution in [3.8, 4) is 34.3 Å². The minimum absolute atomic E-state index is 0.00995. The highest BCUT2D eigenvalue weighted by Crippen LogP contribution is 2.41. The fourth-order valence-corrected chi connectivity index (χ4v) is 7.58. The highest BCUT2D eigenvalue weighted by molar-refractivity contribution is 6.32. The van der Waals surface area contributed by atoms with Crippen molar-refractivity contribution in [1.82, 2.24) is 24.0 Å². The van der Waals surface area contributed by atoms with Crippen LogP contribution in [0.2, 0.25) is 5.02 Å². The molecule has 8 rings (SSSR count). The SMILES string of the molecule is COc1cc(C(=O)N2CC3CCC2[C@@H]3N)cc2nc(-c3cc4ccc(-c5cc(Cl)c(O)cc5C)nc4n3CC3CC3)n(C)c12. The number of pyridine rings is 1. The first-order valence-electron chi connectivity index (χ1n) is 15.3. The second-order valence-corrected chi connectivity index (χ2v) is 13.2. The first kappa shape index (κ1) is 27.5. The van der Waals surface area contributed by atoms with E-state index in [2.05, 4.69) is 21.3 Å². The molecule has 3 atom stereocenters. The number of halogens is 1. The Morgan fingerprint density at radius 1 is 1.11 bits per heavy atom. The van der Waals surface area contributed by atoms with Gasteiger partial charge in [-0.05, 0) is 92.5 Å². The summed E-state index contributed by atoms with van der Waals surface area (Å²) in [6, 6.07) is 13.6. The Bertz CT molecular complexity index is 1990. The van der Waals surface area contributed by atoms with Crippen LogP contribution >= 0.6 is 11.6 Å². The van der Waals surface area contributed by atoms with E-state index in [0.29, 0.717) is 40.2 Å². The number of carbonyl (C=O) groups excluding carboxylic acids is 1. The predicted molar refractivity (Wildman–Crippen MR) is 171 cm³/mol. The van der Waals surface area contributed by atoms with Crippen molar-refractivity contribution in [2.75, 3.05) is 13.7 Å². The highest BCUT2D eigenvalue weighted by Gasteiger charge is 2.47. The lowest BCUT2D eigenvalue weighted by molar-refractivity contribution is 0.0700. The summed E-state index contributed by atoms with van der Waals surface area (Å²) >= 11 is 6.28. The minimum atomic E-state index is -0.00995. The van der Waals surface area contributed by atoms with Crippen LogP contribution in [0.3, 0.4) is 0 Å². The fraction of sp³-hybridized carbons (Fsp3) is 0.382. The van der Waals surface area contributed by atoms with Crippen LogP contribution in [0.1, 0.15) is 41.6 Å². The molecule has 0 radical (unpaired) electrons. The van der Waals surface area contributed by atoms with Crippen LogP contribution < -0.4 is 10.5 Å². The normalized spacial score (nSPS) is 21.2. The average molecular weight is 611 g/mol. The molecule has 2 aliphatic carbocycles. The Kier molecular flexibility index (Phi) is 6.22. The molecule has 44 heavy (non-hydrogen) atoms. The van der Waals surface area contributed by atoms with E-state index in [1.807, 2.05) is 37.1 Å². The summed E-state index contributed by atoms with van der Waals surface area (Å²) < 4.78 is 10.2. The van der Waals surface area contributed by atoms with Crippen LogP contribution in [0.5, 0.6) is 11.5 Å². The second-order valence-electron chi connectivity index (χ2n) is 12.8. The lowest BCUT2D eigenvalue weighted by atomic mass is 10.0. The predicted octanol–water partition coefficient (Wildman–Crippen LogP) is 5.90. The van der Waals surface area contributed by atoms with Crippen molar-refractivity contribution in [3.63, 3.8) is 0 Å². The number of benzene rings is 2. The van der Waals surface area contributed by atoms with Gasteiger partial charge < -0.3 is 29.6 Å². The highest BCUT2D eigenvalue weighted by atomic mass is 35.5. The number of hydrogen-bond acceptors (Lipinski definition) is 6. The van der Waals surface area contributed by atoms with Gasteiger partial charge in [0, 0.05) is 48.7 Å². The Hall–Kier alpha value is -4.08. The Labute approximate surface area is 260 Å². The van der Waals surface area contributed by atoms with Crippen molar-refractivity contribution in [2.45, 2.75) is 51.2 Å². The number of imidazole rings is 1. The zero-order valence-electron chi connectivity index (χ0n) is 25.0. The number of aromatic hydroxyl groups is 1. The molecule has 10 heteroatoms. The molecule has 2 unspecified atom stereocenters. The first-order valence-corrected chi connectivity index (χ1v) is 15.7. The van der Waals surface area contributed by atoms with Gasteiger partial charge in [-0.1, -0.05) is 11.6 Å². The zero-order valence-corrected chi connectivity index (χ0v) is 25.8. The number of likely N-dealkylation sites (tertiary alicyclic amines) is 1. The second kappa shape index (κ2) is 9.97. The Morgan fingerprint density at radius 2 is 1.93 bits per heavy atom. The quantitative estimate of drug-likeness (QED) is 0.247. The largest absolute Gasteiger partial charge is 0.506 e. The zero-order chi connectivity index (χ0) is 30.4. The number of phenols is 1. The number of rotatable bonds is 6. The van der Waals surface area contributed by atoms with Gasteiger partial charge in [0.1, 0.15) is 22.7 Å². The molecule has 5 aromatic rings. The van der Waals surface area contributed by atoms with Crippen molar-refractivity contribution < 1.29 is 14.6 Å². The van der Waals surface area contributed by atoms with E-state index in [1.165, 1.54) is 12.8 Å². The molecular weight excluding hydrogens is 576 g/mol. The molecule has 1 saturated heterocycles. The number of methoxy groups -OCH3 is 1. The molecule has 226 valence electrons. The number of aryl methyl sites for hydroxylation is 2. The fourth-order valence-electron chi connectivity index (χ4n) is 7.41. The maximum atomic E-state index is 13.7. The number of amides is 1.